The molecule has 0 aromatic heterocycles. The third-order valence-corrected chi connectivity index (χ3v) is 8.57. The summed E-state index contributed by atoms with van der Waals surface area (Å²) in [6.45, 7) is 17.8. The standard InChI is InChI=1S/C27H47N5O4/c1-25(2,3)17(15-31-13-11-10-12-18(31)33)29-24(36)30-21(26(4,5)6)23(35)32-14-16-19(27(16,7)8)20(32)22(34)28-9/h16-17,19-21H,10-15H2,1-9H3,(H,28,34)(H2,29,30,36)/t16?,17-,19+,20+,21-/m1/s1. The normalized spacial score (nSPS) is 27.1. The van der Waals surface area contributed by atoms with Gasteiger partial charge >= 0.3 is 6.03 Å². The van der Waals surface area contributed by atoms with E-state index in [9.17, 15) is 19.2 Å². The van der Waals surface area contributed by atoms with Crippen molar-refractivity contribution in [3.05, 3.63) is 0 Å². The van der Waals surface area contributed by atoms with Crippen LogP contribution in [0, 0.1) is 28.1 Å². The largest absolute Gasteiger partial charge is 0.357 e. The molecule has 1 aliphatic carbocycles. The molecule has 3 aliphatic rings. The lowest BCUT2D eigenvalue weighted by molar-refractivity contribution is -0.143. The van der Waals surface area contributed by atoms with Crippen LogP contribution in [0.3, 0.4) is 0 Å². The molecule has 2 saturated heterocycles. The second-order valence-corrected chi connectivity index (χ2v) is 13.6. The van der Waals surface area contributed by atoms with Crippen LogP contribution in [-0.4, -0.2) is 78.4 Å². The van der Waals surface area contributed by atoms with Gasteiger partial charge in [-0.2, -0.15) is 0 Å². The Kier molecular flexibility index (Phi) is 7.74. The van der Waals surface area contributed by atoms with Crippen LogP contribution in [0.2, 0.25) is 0 Å². The molecule has 1 unspecified atom stereocenters. The van der Waals surface area contributed by atoms with Crippen molar-refractivity contribution in [3.63, 3.8) is 0 Å². The highest BCUT2D eigenvalue weighted by Gasteiger charge is 2.69. The molecule has 2 aliphatic heterocycles. The minimum Gasteiger partial charge on any atom is -0.357 e. The van der Waals surface area contributed by atoms with Gasteiger partial charge in [-0.15, -0.1) is 0 Å². The number of fused-ring (bicyclic) bond motifs is 1. The van der Waals surface area contributed by atoms with E-state index in [0.29, 0.717) is 26.1 Å². The van der Waals surface area contributed by atoms with Gasteiger partial charge in [-0.25, -0.2) is 4.79 Å². The molecule has 5 atom stereocenters. The smallest absolute Gasteiger partial charge is 0.315 e. The van der Waals surface area contributed by atoms with Crippen LogP contribution in [0.25, 0.3) is 0 Å². The molecule has 0 aromatic rings. The first-order valence-electron chi connectivity index (χ1n) is 13.4. The second kappa shape index (κ2) is 9.86. The number of urea groups is 1. The van der Waals surface area contributed by atoms with Crippen molar-refractivity contribution in [1.29, 1.82) is 0 Å². The van der Waals surface area contributed by atoms with Crippen molar-refractivity contribution in [3.8, 4) is 0 Å². The Hall–Kier alpha value is -2.32. The SMILES string of the molecule is CNC(=O)[C@@H]1[C@@H]2C(CN1C(=O)[C@@H](NC(=O)N[C@H](CN1CCCCC1=O)C(C)(C)C)C(C)(C)C)C2(C)C. The molecule has 0 bridgehead atoms. The van der Waals surface area contributed by atoms with E-state index in [1.807, 2.05) is 46.4 Å². The van der Waals surface area contributed by atoms with Crippen molar-refractivity contribution < 1.29 is 19.2 Å². The summed E-state index contributed by atoms with van der Waals surface area (Å²) in [6, 6.07) is -2.05. The molecule has 9 heteroatoms. The minimum absolute atomic E-state index is 0.0296. The summed E-state index contributed by atoms with van der Waals surface area (Å²) in [5, 5.41) is 8.72. The molecular weight excluding hydrogens is 458 g/mol. The number of likely N-dealkylation sites (tertiary alicyclic amines) is 2. The maximum absolute atomic E-state index is 13.8. The van der Waals surface area contributed by atoms with Crippen molar-refractivity contribution in [1.82, 2.24) is 25.8 Å². The molecule has 9 nitrogen and oxygen atoms in total. The Morgan fingerprint density at radius 3 is 2.19 bits per heavy atom. The Morgan fingerprint density at radius 2 is 1.67 bits per heavy atom. The van der Waals surface area contributed by atoms with Gasteiger partial charge in [0, 0.05) is 33.1 Å². The maximum Gasteiger partial charge on any atom is 0.315 e. The third kappa shape index (κ3) is 5.65. The lowest BCUT2D eigenvalue weighted by Crippen LogP contribution is -2.62. The number of nitrogens with one attached hydrogen (secondary N) is 3. The van der Waals surface area contributed by atoms with Crippen LogP contribution >= 0.6 is 0 Å². The molecule has 36 heavy (non-hydrogen) atoms. The van der Waals surface area contributed by atoms with E-state index in [1.54, 1.807) is 11.9 Å². The molecule has 0 radical (unpaired) electrons. The van der Waals surface area contributed by atoms with Crippen LogP contribution in [0.15, 0.2) is 0 Å². The summed E-state index contributed by atoms with van der Waals surface area (Å²) in [4.78, 5) is 55.8. The topological polar surface area (TPSA) is 111 Å². The Bertz CT molecular complexity index is 888. The van der Waals surface area contributed by atoms with E-state index in [4.69, 9.17) is 0 Å². The maximum atomic E-state index is 13.8. The Balaban J connectivity index is 1.74. The molecule has 5 amide bonds. The molecule has 2 heterocycles. The molecular formula is C27H47N5O4. The van der Waals surface area contributed by atoms with Gasteiger partial charge in [-0.3, -0.25) is 14.4 Å². The number of likely N-dealkylation sites (N-methyl/N-ethyl adjacent to an activating group) is 1. The van der Waals surface area contributed by atoms with Crippen molar-refractivity contribution in [2.24, 2.45) is 28.1 Å². The van der Waals surface area contributed by atoms with Gasteiger partial charge in [-0.1, -0.05) is 55.4 Å². The highest BCUT2D eigenvalue weighted by Crippen LogP contribution is 2.65. The van der Waals surface area contributed by atoms with Crippen LogP contribution < -0.4 is 16.0 Å². The number of carbonyl (C=O) groups excluding carboxylic acids is 4. The van der Waals surface area contributed by atoms with E-state index < -0.39 is 23.5 Å². The number of hydrogen-bond donors (Lipinski definition) is 3. The fourth-order valence-electron chi connectivity index (χ4n) is 5.92. The highest BCUT2D eigenvalue weighted by molar-refractivity contribution is 5.93. The first-order valence-corrected chi connectivity index (χ1v) is 13.4. The van der Waals surface area contributed by atoms with Gasteiger partial charge in [0.15, 0.2) is 0 Å². The Morgan fingerprint density at radius 1 is 1.03 bits per heavy atom. The quantitative estimate of drug-likeness (QED) is 0.515. The van der Waals surface area contributed by atoms with Crippen molar-refractivity contribution in [2.45, 2.75) is 92.8 Å². The number of carbonyl (C=O) groups is 4. The van der Waals surface area contributed by atoms with Gasteiger partial charge in [0.25, 0.3) is 0 Å². The predicted molar refractivity (Wildman–Crippen MR) is 139 cm³/mol. The third-order valence-electron chi connectivity index (χ3n) is 8.57. The fourth-order valence-corrected chi connectivity index (χ4v) is 5.92. The summed E-state index contributed by atoms with van der Waals surface area (Å²) >= 11 is 0. The fraction of sp³-hybridized carbons (Fsp3) is 0.852. The lowest BCUT2D eigenvalue weighted by atomic mass is 9.84. The molecule has 204 valence electrons. The summed E-state index contributed by atoms with van der Waals surface area (Å²) in [7, 11) is 1.60. The lowest BCUT2D eigenvalue weighted by Gasteiger charge is -2.39. The number of piperidine rings is 2. The van der Waals surface area contributed by atoms with Crippen LogP contribution in [0.4, 0.5) is 4.79 Å². The van der Waals surface area contributed by atoms with E-state index >= 15 is 0 Å². The average Bonchev–Trinajstić information content (AvgIpc) is 3.09. The van der Waals surface area contributed by atoms with Crippen LogP contribution in [0.5, 0.6) is 0 Å². The Labute approximate surface area is 216 Å². The molecule has 3 N–H and O–H groups in total. The predicted octanol–water partition coefficient (Wildman–Crippen LogP) is 2.36. The summed E-state index contributed by atoms with van der Waals surface area (Å²) in [5.74, 6) is 0.148. The number of amides is 5. The summed E-state index contributed by atoms with van der Waals surface area (Å²) in [6.07, 6.45) is 2.42. The van der Waals surface area contributed by atoms with E-state index in [1.165, 1.54) is 0 Å². The molecule has 1 saturated carbocycles. The molecule has 3 rings (SSSR count). The molecule has 3 fully saturated rings. The zero-order valence-corrected chi connectivity index (χ0v) is 23.7. The number of rotatable bonds is 6. The average molecular weight is 506 g/mol. The van der Waals surface area contributed by atoms with Crippen LogP contribution in [-0.2, 0) is 14.4 Å². The number of nitrogens with zero attached hydrogens (tertiary/aromatic N) is 2. The zero-order valence-electron chi connectivity index (χ0n) is 23.7. The monoisotopic (exact) mass is 505 g/mol. The minimum atomic E-state index is -0.803. The molecule has 0 spiro atoms. The van der Waals surface area contributed by atoms with Gasteiger partial charge in [0.05, 0.1) is 6.04 Å². The van der Waals surface area contributed by atoms with Crippen molar-refractivity contribution in [2.75, 3.05) is 26.7 Å². The van der Waals surface area contributed by atoms with E-state index in [-0.39, 0.29) is 46.4 Å². The van der Waals surface area contributed by atoms with Gasteiger partial charge in [-0.05, 0) is 40.9 Å². The number of hydrogen-bond acceptors (Lipinski definition) is 4. The van der Waals surface area contributed by atoms with E-state index in [0.717, 1.165) is 12.8 Å². The highest BCUT2D eigenvalue weighted by atomic mass is 16.2. The summed E-state index contributed by atoms with van der Waals surface area (Å²) in [5.41, 5.74) is -0.825. The zero-order chi connectivity index (χ0) is 27.2. The van der Waals surface area contributed by atoms with E-state index in [2.05, 4.69) is 29.8 Å². The first kappa shape index (κ1) is 28.3. The van der Waals surface area contributed by atoms with Gasteiger partial charge in [0.1, 0.15) is 12.1 Å². The summed E-state index contributed by atoms with van der Waals surface area (Å²) < 4.78 is 0. The first-order chi connectivity index (χ1) is 16.5. The van der Waals surface area contributed by atoms with Crippen LogP contribution in [0.1, 0.15) is 74.7 Å². The molecule has 0 aromatic carbocycles. The van der Waals surface area contributed by atoms with Gasteiger partial charge < -0.3 is 25.8 Å². The van der Waals surface area contributed by atoms with Crippen molar-refractivity contribution >= 4 is 23.8 Å². The second-order valence-electron chi connectivity index (χ2n) is 13.6. The van der Waals surface area contributed by atoms with Gasteiger partial charge in [0.2, 0.25) is 17.7 Å².